The van der Waals surface area contributed by atoms with Gasteiger partial charge in [-0.15, -0.1) is 0 Å². The summed E-state index contributed by atoms with van der Waals surface area (Å²) in [5.74, 6) is 0.696. The number of nitrogens with zero attached hydrogens (tertiary/aromatic N) is 2. The molecule has 0 N–H and O–H groups in total. The third-order valence-electron chi connectivity index (χ3n) is 5.18. The van der Waals surface area contributed by atoms with E-state index in [2.05, 4.69) is 4.99 Å². The summed E-state index contributed by atoms with van der Waals surface area (Å²) < 4.78 is 29.5. The normalized spacial score (nSPS) is 23.5. The van der Waals surface area contributed by atoms with Crippen LogP contribution in [0.25, 0.3) is 0 Å². The van der Waals surface area contributed by atoms with Crippen LogP contribution in [0, 0.1) is 0 Å². The zero-order valence-corrected chi connectivity index (χ0v) is 18.7. The molecular formula is C21H21ClN2O4S2. The number of rotatable bonds is 5. The fourth-order valence-corrected chi connectivity index (χ4v) is 7.77. The van der Waals surface area contributed by atoms with E-state index >= 15 is 0 Å². The van der Waals surface area contributed by atoms with E-state index < -0.39 is 9.84 Å². The molecule has 0 radical (unpaired) electrons. The van der Waals surface area contributed by atoms with Crippen molar-refractivity contribution in [3.8, 4) is 5.75 Å². The summed E-state index contributed by atoms with van der Waals surface area (Å²) in [4.78, 5) is 18.9. The number of amides is 1. The van der Waals surface area contributed by atoms with E-state index in [1.54, 1.807) is 31.4 Å². The van der Waals surface area contributed by atoms with Gasteiger partial charge >= 0.3 is 0 Å². The van der Waals surface area contributed by atoms with E-state index in [1.807, 2.05) is 29.2 Å². The highest BCUT2D eigenvalue weighted by atomic mass is 35.5. The van der Waals surface area contributed by atoms with Crippen molar-refractivity contribution >= 4 is 44.3 Å². The number of hydrogen-bond donors (Lipinski definition) is 0. The van der Waals surface area contributed by atoms with Gasteiger partial charge in [0, 0.05) is 16.8 Å². The van der Waals surface area contributed by atoms with Crippen molar-refractivity contribution < 1.29 is 17.9 Å². The van der Waals surface area contributed by atoms with E-state index in [1.165, 1.54) is 11.8 Å². The zero-order chi connectivity index (χ0) is 21.3. The summed E-state index contributed by atoms with van der Waals surface area (Å²) in [6.45, 7) is 0.487. The third kappa shape index (κ3) is 4.82. The Bertz CT molecular complexity index is 1070. The van der Waals surface area contributed by atoms with Gasteiger partial charge < -0.3 is 9.64 Å². The van der Waals surface area contributed by atoms with Crippen molar-refractivity contribution in [1.29, 1.82) is 0 Å². The Hall–Kier alpha value is -2.03. The molecule has 2 atom stereocenters. The van der Waals surface area contributed by atoms with Gasteiger partial charge in [-0.25, -0.2) is 8.42 Å². The van der Waals surface area contributed by atoms with Crippen molar-refractivity contribution in [2.75, 3.05) is 18.6 Å². The lowest BCUT2D eigenvalue weighted by atomic mass is 10.1. The predicted octanol–water partition coefficient (Wildman–Crippen LogP) is 3.19. The molecule has 2 aliphatic rings. The topological polar surface area (TPSA) is 76.0 Å². The van der Waals surface area contributed by atoms with Gasteiger partial charge in [0.1, 0.15) is 5.75 Å². The molecule has 4 rings (SSSR count). The van der Waals surface area contributed by atoms with E-state index in [0.717, 1.165) is 16.9 Å². The van der Waals surface area contributed by atoms with Gasteiger partial charge in [-0.1, -0.05) is 47.6 Å². The van der Waals surface area contributed by atoms with Crippen LogP contribution in [0.4, 0.5) is 0 Å². The van der Waals surface area contributed by atoms with E-state index in [0.29, 0.717) is 16.7 Å². The Balaban J connectivity index is 1.55. The maximum absolute atomic E-state index is 12.6. The molecule has 2 aliphatic heterocycles. The number of ether oxygens (including phenoxy) is 1. The first-order valence-electron chi connectivity index (χ1n) is 9.45. The van der Waals surface area contributed by atoms with Crippen LogP contribution in [0.5, 0.6) is 5.75 Å². The van der Waals surface area contributed by atoms with Gasteiger partial charge in [-0.3, -0.25) is 4.79 Å². The number of benzene rings is 2. The van der Waals surface area contributed by atoms with E-state index in [9.17, 15) is 13.2 Å². The first kappa shape index (κ1) is 21.2. The summed E-state index contributed by atoms with van der Waals surface area (Å²) in [7, 11) is -1.47. The predicted molar refractivity (Wildman–Crippen MR) is 120 cm³/mol. The molecule has 0 unspecified atom stereocenters. The first-order chi connectivity index (χ1) is 14.3. The van der Waals surface area contributed by atoms with E-state index in [-0.39, 0.29) is 35.1 Å². The number of hydrogen-bond acceptors (Lipinski definition) is 5. The standard InChI is InChI=1S/C21H21ClN2O4S2/c1-28-17-8-4-15(5-9-17)11-24-18-12-30(26,27)13-19(18)29-21(24)23-20(25)10-14-2-6-16(22)7-3-14/h2-9,18-19H,10-13H2,1H3/t18-,19-/m0/s1. The number of carbonyl (C=O) groups is 1. The maximum Gasteiger partial charge on any atom is 0.252 e. The van der Waals surface area contributed by atoms with Crippen LogP contribution in [0.1, 0.15) is 11.1 Å². The molecule has 2 heterocycles. The molecule has 2 fully saturated rings. The van der Waals surface area contributed by atoms with Gasteiger partial charge in [0.2, 0.25) is 0 Å². The molecule has 2 aromatic rings. The molecule has 30 heavy (non-hydrogen) atoms. The largest absolute Gasteiger partial charge is 0.497 e. The second kappa shape index (κ2) is 8.61. The molecule has 0 aromatic heterocycles. The van der Waals surface area contributed by atoms with Crippen molar-refractivity contribution in [3.05, 3.63) is 64.7 Å². The number of fused-ring (bicyclic) bond motifs is 1. The van der Waals surface area contributed by atoms with Crippen LogP contribution in [0.3, 0.4) is 0 Å². The number of methoxy groups -OCH3 is 1. The smallest absolute Gasteiger partial charge is 0.252 e. The number of carbonyl (C=O) groups excluding carboxylic acids is 1. The Morgan fingerprint density at radius 1 is 1.13 bits per heavy atom. The molecular weight excluding hydrogens is 444 g/mol. The molecule has 1 amide bonds. The lowest BCUT2D eigenvalue weighted by molar-refractivity contribution is -0.117. The minimum Gasteiger partial charge on any atom is -0.497 e. The summed E-state index contributed by atoms with van der Waals surface area (Å²) in [5, 5.41) is 1.11. The molecule has 9 heteroatoms. The average molecular weight is 465 g/mol. The summed E-state index contributed by atoms with van der Waals surface area (Å²) >= 11 is 7.29. The zero-order valence-electron chi connectivity index (χ0n) is 16.3. The van der Waals surface area contributed by atoms with Crippen LogP contribution >= 0.6 is 23.4 Å². The highest BCUT2D eigenvalue weighted by Gasteiger charge is 2.48. The van der Waals surface area contributed by atoms with Crippen molar-refractivity contribution in [2.45, 2.75) is 24.3 Å². The maximum atomic E-state index is 12.6. The van der Waals surface area contributed by atoms with Crippen LogP contribution in [0.15, 0.2) is 53.5 Å². The Morgan fingerprint density at radius 3 is 2.47 bits per heavy atom. The minimum absolute atomic E-state index is 0.0885. The number of amidine groups is 1. The monoisotopic (exact) mass is 464 g/mol. The minimum atomic E-state index is -3.08. The number of thioether (sulfide) groups is 1. The lowest BCUT2D eigenvalue weighted by Crippen LogP contribution is -2.37. The number of aliphatic imine (C=N–C) groups is 1. The number of halogens is 1. The van der Waals surface area contributed by atoms with Crippen molar-refractivity contribution in [1.82, 2.24) is 4.90 Å². The number of sulfone groups is 1. The summed E-state index contributed by atoms with van der Waals surface area (Å²) in [5.41, 5.74) is 1.83. The highest BCUT2D eigenvalue weighted by Crippen LogP contribution is 2.39. The van der Waals surface area contributed by atoms with Crippen LogP contribution in [-0.4, -0.2) is 54.3 Å². The van der Waals surface area contributed by atoms with Gasteiger partial charge in [-0.05, 0) is 35.4 Å². The molecule has 0 saturated carbocycles. The van der Waals surface area contributed by atoms with Crippen LogP contribution in [0.2, 0.25) is 5.02 Å². The summed E-state index contributed by atoms with van der Waals surface area (Å²) in [6, 6.07) is 14.5. The lowest BCUT2D eigenvalue weighted by Gasteiger charge is -2.24. The SMILES string of the molecule is COc1ccc(CN2C(=NC(=O)Cc3ccc(Cl)cc3)S[C@H]3CS(=O)(=O)C[C@@H]32)cc1. The molecule has 2 saturated heterocycles. The molecule has 158 valence electrons. The van der Waals surface area contributed by atoms with Gasteiger partial charge in [-0.2, -0.15) is 4.99 Å². The summed E-state index contributed by atoms with van der Waals surface area (Å²) in [6.07, 6.45) is 0.172. The Labute approximate surface area is 185 Å². The van der Waals surface area contributed by atoms with Gasteiger partial charge in [0.15, 0.2) is 15.0 Å². The van der Waals surface area contributed by atoms with Crippen molar-refractivity contribution in [3.63, 3.8) is 0 Å². The third-order valence-corrected chi connectivity index (χ3v) is 8.68. The quantitative estimate of drug-likeness (QED) is 0.676. The Morgan fingerprint density at radius 2 is 1.80 bits per heavy atom. The van der Waals surface area contributed by atoms with Crippen LogP contribution < -0.4 is 4.74 Å². The van der Waals surface area contributed by atoms with Crippen molar-refractivity contribution in [2.24, 2.45) is 4.99 Å². The molecule has 0 spiro atoms. The molecule has 6 nitrogen and oxygen atoms in total. The second-order valence-corrected chi connectivity index (χ2v) is 11.2. The average Bonchev–Trinajstić information content (AvgIpc) is 3.16. The molecule has 0 aliphatic carbocycles. The highest BCUT2D eigenvalue weighted by molar-refractivity contribution is 8.15. The van der Waals surface area contributed by atoms with E-state index in [4.69, 9.17) is 16.3 Å². The van der Waals surface area contributed by atoms with Crippen LogP contribution in [-0.2, 0) is 27.6 Å². The fraction of sp³-hybridized carbons (Fsp3) is 0.333. The first-order valence-corrected chi connectivity index (χ1v) is 12.5. The Kier molecular flexibility index (Phi) is 6.09. The molecule has 2 aromatic carbocycles. The van der Waals surface area contributed by atoms with Gasteiger partial charge in [0.25, 0.3) is 5.91 Å². The van der Waals surface area contributed by atoms with Gasteiger partial charge in [0.05, 0.1) is 31.1 Å². The fourth-order valence-electron chi connectivity index (χ4n) is 3.67. The second-order valence-electron chi connectivity index (χ2n) is 7.37. The molecule has 0 bridgehead atoms.